The standard InChI is InChI=1S/C21H19BrN4O2/c22-18-3-1-2-16(12-18)14-24-20(27)17-4-6-19(7-5-17)26-21(28)25-13-15-8-10-23-11-9-15/h1-12H,13-14H2,(H,24,27)(H2,25,26,28). The number of pyridine rings is 1. The first-order chi connectivity index (χ1) is 13.6. The van der Waals surface area contributed by atoms with Crippen molar-refractivity contribution in [3.63, 3.8) is 0 Å². The molecule has 3 amide bonds. The van der Waals surface area contributed by atoms with Gasteiger partial charge in [0.2, 0.25) is 0 Å². The van der Waals surface area contributed by atoms with Crippen molar-refractivity contribution in [2.45, 2.75) is 13.1 Å². The van der Waals surface area contributed by atoms with Gasteiger partial charge in [-0.2, -0.15) is 0 Å². The zero-order chi connectivity index (χ0) is 19.8. The second kappa shape index (κ2) is 9.66. The SMILES string of the molecule is O=C(NCc1ccncc1)Nc1ccc(C(=O)NCc2cccc(Br)c2)cc1. The summed E-state index contributed by atoms with van der Waals surface area (Å²) in [6.45, 7) is 0.847. The van der Waals surface area contributed by atoms with Crippen LogP contribution in [0.25, 0.3) is 0 Å². The fourth-order valence-electron chi connectivity index (χ4n) is 2.49. The second-order valence-electron chi connectivity index (χ2n) is 6.05. The van der Waals surface area contributed by atoms with Gasteiger partial charge in [-0.05, 0) is 59.7 Å². The van der Waals surface area contributed by atoms with Crippen molar-refractivity contribution in [1.29, 1.82) is 0 Å². The van der Waals surface area contributed by atoms with Crippen molar-refractivity contribution >= 4 is 33.6 Å². The lowest BCUT2D eigenvalue weighted by atomic mass is 10.2. The molecule has 0 aliphatic heterocycles. The molecule has 3 N–H and O–H groups in total. The molecule has 1 aromatic heterocycles. The summed E-state index contributed by atoms with van der Waals surface area (Å²) in [6.07, 6.45) is 3.35. The average molecular weight is 439 g/mol. The predicted molar refractivity (Wildman–Crippen MR) is 112 cm³/mol. The van der Waals surface area contributed by atoms with Crippen LogP contribution >= 0.6 is 15.9 Å². The van der Waals surface area contributed by atoms with Crippen molar-refractivity contribution < 1.29 is 9.59 Å². The van der Waals surface area contributed by atoms with Crippen LogP contribution in [0, 0.1) is 0 Å². The lowest BCUT2D eigenvalue weighted by Crippen LogP contribution is -2.28. The van der Waals surface area contributed by atoms with E-state index in [1.165, 1.54) is 0 Å². The van der Waals surface area contributed by atoms with Gasteiger partial charge in [0.25, 0.3) is 5.91 Å². The van der Waals surface area contributed by atoms with Crippen LogP contribution < -0.4 is 16.0 Å². The molecule has 0 aliphatic rings. The fraction of sp³-hybridized carbons (Fsp3) is 0.0952. The van der Waals surface area contributed by atoms with E-state index in [1.54, 1.807) is 36.7 Å². The number of aromatic nitrogens is 1. The summed E-state index contributed by atoms with van der Waals surface area (Å²) in [5.41, 5.74) is 3.10. The number of benzene rings is 2. The number of urea groups is 1. The van der Waals surface area contributed by atoms with Crippen molar-refractivity contribution in [3.05, 3.63) is 94.2 Å². The molecule has 2 aromatic carbocycles. The Morgan fingerprint density at radius 1 is 0.857 bits per heavy atom. The first-order valence-corrected chi connectivity index (χ1v) is 9.46. The zero-order valence-corrected chi connectivity index (χ0v) is 16.6. The normalized spacial score (nSPS) is 10.2. The van der Waals surface area contributed by atoms with E-state index in [2.05, 4.69) is 36.9 Å². The van der Waals surface area contributed by atoms with Crippen LogP contribution in [0.4, 0.5) is 10.5 Å². The highest BCUT2D eigenvalue weighted by atomic mass is 79.9. The Bertz CT molecular complexity index is 946. The molecule has 1 heterocycles. The summed E-state index contributed by atoms with van der Waals surface area (Å²) in [5, 5.41) is 8.38. The van der Waals surface area contributed by atoms with Crippen molar-refractivity contribution in [2.75, 3.05) is 5.32 Å². The zero-order valence-electron chi connectivity index (χ0n) is 15.0. The molecule has 0 bridgehead atoms. The highest BCUT2D eigenvalue weighted by molar-refractivity contribution is 9.10. The van der Waals surface area contributed by atoms with E-state index in [4.69, 9.17) is 0 Å². The summed E-state index contributed by atoms with van der Waals surface area (Å²) in [4.78, 5) is 28.2. The molecular formula is C21H19BrN4O2. The van der Waals surface area contributed by atoms with Crippen LogP contribution in [0.15, 0.2) is 77.5 Å². The van der Waals surface area contributed by atoms with Crippen LogP contribution in [0.5, 0.6) is 0 Å². The van der Waals surface area contributed by atoms with E-state index in [0.29, 0.717) is 24.3 Å². The minimum atomic E-state index is -0.316. The first-order valence-electron chi connectivity index (χ1n) is 8.66. The quantitative estimate of drug-likeness (QED) is 0.541. The number of halogens is 1. The molecule has 0 spiro atoms. The number of amides is 3. The van der Waals surface area contributed by atoms with Gasteiger partial charge in [0, 0.05) is 41.2 Å². The Kier molecular flexibility index (Phi) is 6.75. The molecule has 0 radical (unpaired) electrons. The number of carbonyl (C=O) groups is 2. The van der Waals surface area contributed by atoms with E-state index >= 15 is 0 Å². The average Bonchev–Trinajstić information content (AvgIpc) is 2.72. The molecule has 0 saturated carbocycles. The molecule has 6 nitrogen and oxygen atoms in total. The summed E-state index contributed by atoms with van der Waals surface area (Å²) in [7, 11) is 0. The topological polar surface area (TPSA) is 83.1 Å². The van der Waals surface area contributed by atoms with Crippen molar-refractivity contribution in [1.82, 2.24) is 15.6 Å². The summed E-state index contributed by atoms with van der Waals surface area (Å²) in [6, 6.07) is 17.9. The molecule has 0 atom stereocenters. The largest absolute Gasteiger partial charge is 0.348 e. The molecule has 7 heteroatoms. The maximum absolute atomic E-state index is 12.3. The highest BCUT2D eigenvalue weighted by Crippen LogP contribution is 2.12. The van der Waals surface area contributed by atoms with Gasteiger partial charge in [-0.15, -0.1) is 0 Å². The van der Waals surface area contributed by atoms with Crippen LogP contribution in [-0.2, 0) is 13.1 Å². The van der Waals surface area contributed by atoms with Gasteiger partial charge in [-0.25, -0.2) is 4.79 Å². The van der Waals surface area contributed by atoms with E-state index in [-0.39, 0.29) is 11.9 Å². The van der Waals surface area contributed by atoms with E-state index in [9.17, 15) is 9.59 Å². The number of carbonyl (C=O) groups excluding carboxylic acids is 2. The van der Waals surface area contributed by atoms with Crippen molar-refractivity contribution in [3.8, 4) is 0 Å². The molecule has 28 heavy (non-hydrogen) atoms. The number of anilines is 1. The number of hydrogen-bond acceptors (Lipinski definition) is 3. The monoisotopic (exact) mass is 438 g/mol. The van der Waals surface area contributed by atoms with Gasteiger partial charge in [-0.3, -0.25) is 9.78 Å². The van der Waals surface area contributed by atoms with Crippen molar-refractivity contribution in [2.24, 2.45) is 0 Å². The number of nitrogens with one attached hydrogen (secondary N) is 3. The molecule has 0 aliphatic carbocycles. The molecule has 0 saturated heterocycles. The third-order valence-corrected chi connectivity index (χ3v) is 4.44. The molecule has 0 fully saturated rings. The van der Waals surface area contributed by atoms with Crippen LogP contribution in [-0.4, -0.2) is 16.9 Å². The molecular weight excluding hydrogens is 420 g/mol. The van der Waals surface area contributed by atoms with Crippen LogP contribution in [0.3, 0.4) is 0 Å². The Morgan fingerprint density at radius 3 is 2.29 bits per heavy atom. The number of nitrogens with zero attached hydrogens (tertiary/aromatic N) is 1. The lowest BCUT2D eigenvalue weighted by Gasteiger charge is -2.09. The predicted octanol–water partition coefficient (Wildman–Crippen LogP) is 4.10. The van der Waals surface area contributed by atoms with E-state index in [1.807, 2.05) is 36.4 Å². The summed E-state index contributed by atoms with van der Waals surface area (Å²) < 4.78 is 0.969. The number of rotatable bonds is 6. The summed E-state index contributed by atoms with van der Waals surface area (Å²) in [5.74, 6) is -0.173. The van der Waals surface area contributed by atoms with Gasteiger partial charge >= 0.3 is 6.03 Å². The van der Waals surface area contributed by atoms with Gasteiger partial charge in [0.05, 0.1) is 0 Å². The molecule has 3 rings (SSSR count). The Hall–Kier alpha value is -3.19. The van der Waals surface area contributed by atoms with E-state index < -0.39 is 0 Å². The maximum Gasteiger partial charge on any atom is 0.319 e. The first kappa shape index (κ1) is 19.6. The maximum atomic E-state index is 12.3. The Labute approximate surface area is 171 Å². The lowest BCUT2D eigenvalue weighted by molar-refractivity contribution is 0.0951. The van der Waals surface area contributed by atoms with Crippen LogP contribution in [0.1, 0.15) is 21.5 Å². The summed E-state index contributed by atoms with van der Waals surface area (Å²) >= 11 is 3.41. The fourth-order valence-corrected chi connectivity index (χ4v) is 2.94. The third-order valence-electron chi connectivity index (χ3n) is 3.95. The van der Waals surface area contributed by atoms with Gasteiger partial charge < -0.3 is 16.0 Å². The molecule has 3 aromatic rings. The third kappa shape index (κ3) is 5.92. The van der Waals surface area contributed by atoms with Gasteiger partial charge in [-0.1, -0.05) is 28.1 Å². The molecule has 0 unspecified atom stereocenters. The minimum absolute atomic E-state index is 0.173. The van der Waals surface area contributed by atoms with Crippen LogP contribution in [0.2, 0.25) is 0 Å². The molecule has 142 valence electrons. The Balaban J connectivity index is 1.48. The second-order valence-corrected chi connectivity index (χ2v) is 6.97. The smallest absolute Gasteiger partial charge is 0.319 e. The minimum Gasteiger partial charge on any atom is -0.348 e. The van der Waals surface area contributed by atoms with Gasteiger partial charge in [0.15, 0.2) is 0 Å². The Morgan fingerprint density at radius 2 is 1.57 bits per heavy atom. The van der Waals surface area contributed by atoms with E-state index in [0.717, 1.165) is 15.6 Å². The van der Waals surface area contributed by atoms with Gasteiger partial charge in [0.1, 0.15) is 0 Å². The highest BCUT2D eigenvalue weighted by Gasteiger charge is 2.07. The number of hydrogen-bond donors (Lipinski definition) is 3.